The van der Waals surface area contributed by atoms with E-state index in [-0.39, 0.29) is 16.7 Å². The summed E-state index contributed by atoms with van der Waals surface area (Å²) in [6, 6.07) is 10.6. The Hall–Kier alpha value is -3.45. The van der Waals surface area contributed by atoms with Crippen molar-refractivity contribution in [1.29, 1.82) is 0 Å². The highest BCUT2D eigenvalue weighted by atomic mass is 35.5. The van der Waals surface area contributed by atoms with Crippen molar-refractivity contribution in [2.24, 2.45) is 5.10 Å². The Kier molecular flexibility index (Phi) is 6.32. The first kappa shape index (κ1) is 21.3. The zero-order chi connectivity index (χ0) is 21.8. The normalized spacial score (nSPS) is 11.0. The van der Waals surface area contributed by atoms with Crippen LogP contribution in [0, 0.1) is 20.8 Å². The minimum absolute atomic E-state index is 0.115. The smallest absolute Gasteiger partial charge is 0.338 e. The van der Waals surface area contributed by atoms with E-state index in [0.29, 0.717) is 5.56 Å². The Morgan fingerprint density at radius 2 is 1.90 bits per heavy atom. The molecule has 1 N–H and O–H groups in total. The second-order valence-electron chi connectivity index (χ2n) is 6.64. The first-order valence-corrected chi connectivity index (χ1v) is 9.54. The predicted molar refractivity (Wildman–Crippen MR) is 116 cm³/mol. The molecule has 0 bridgehead atoms. The molecule has 7 nitrogen and oxygen atoms in total. The van der Waals surface area contributed by atoms with Gasteiger partial charge in [-0.05, 0) is 56.7 Å². The number of hydrazone groups is 1. The number of rotatable bonds is 5. The summed E-state index contributed by atoms with van der Waals surface area (Å²) in [7, 11) is 1.36. The fourth-order valence-corrected chi connectivity index (χ4v) is 3.47. The van der Waals surface area contributed by atoms with Crippen molar-refractivity contribution in [2.75, 3.05) is 7.11 Å². The topological polar surface area (TPSA) is 85.6 Å². The van der Waals surface area contributed by atoms with Gasteiger partial charge in [-0.2, -0.15) is 5.10 Å². The molecule has 154 valence electrons. The van der Waals surface area contributed by atoms with Gasteiger partial charge in [0.1, 0.15) is 5.15 Å². The van der Waals surface area contributed by atoms with Gasteiger partial charge in [0.25, 0.3) is 5.91 Å². The lowest BCUT2D eigenvalue weighted by molar-refractivity contribution is 0.0599. The highest BCUT2D eigenvalue weighted by molar-refractivity contribution is 6.32. The average molecular weight is 425 g/mol. The predicted octanol–water partition coefficient (Wildman–Crippen LogP) is 4.00. The lowest BCUT2D eigenvalue weighted by Crippen LogP contribution is -2.18. The van der Waals surface area contributed by atoms with Gasteiger partial charge in [0.2, 0.25) is 0 Å². The molecule has 0 saturated carbocycles. The van der Waals surface area contributed by atoms with Gasteiger partial charge in [0.15, 0.2) is 0 Å². The average Bonchev–Trinajstić information content (AvgIpc) is 3.01. The first-order valence-electron chi connectivity index (χ1n) is 9.16. The van der Waals surface area contributed by atoms with Crippen LogP contribution < -0.4 is 5.43 Å². The van der Waals surface area contributed by atoms with Crippen molar-refractivity contribution >= 4 is 29.7 Å². The van der Waals surface area contributed by atoms with Crippen LogP contribution in [-0.2, 0) is 4.74 Å². The molecule has 2 heterocycles. The first-order chi connectivity index (χ1) is 14.3. The van der Waals surface area contributed by atoms with Crippen LogP contribution in [0.1, 0.15) is 43.2 Å². The van der Waals surface area contributed by atoms with Gasteiger partial charge in [0, 0.05) is 28.8 Å². The number of halogens is 1. The number of ether oxygens (including phenoxy) is 1. The summed E-state index contributed by atoms with van der Waals surface area (Å²) in [5.74, 6) is -0.824. The number of hydrogen-bond acceptors (Lipinski definition) is 5. The van der Waals surface area contributed by atoms with E-state index in [1.807, 2.05) is 43.5 Å². The van der Waals surface area contributed by atoms with Crippen molar-refractivity contribution in [2.45, 2.75) is 20.8 Å². The van der Waals surface area contributed by atoms with Crippen molar-refractivity contribution in [3.63, 3.8) is 0 Å². The Morgan fingerprint density at radius 1 is 1.17 bits per heavy atom. The Labute approximate surface area is 179 Å². The van der Waals surface area contributed by atoms with Gasteiger partial charge in [-0.15, -0.1) is 0 Å². The molecule has 0 aliphatic carbocycles. The third-order valence-corrected chi connectivity index (χ3v) is 5.10. The molecule has 2 aromatic heterocycles. The number of benzene rings is 1. The third kappa shape index (κ3) is 4.11. The summed E-state index contributed by atoms with van der Waals surface area (Å²) < 4.78 is 6.90. The van der Waals surface area contributed by atoms with E-state index in [1.54, 1.807) is 24.4 Å². The lowest BCUT2D eigenvalue weighted by atomic mass is 10.1. The van der Waals surface area contributed by atoms with E-state index in [4.69, 9.17) is 16.3 Å². The molecule has 30 heavy (non-hydrogen) atoms. The van der Waals surface area contributed by atoms with Gasteiger partial charge in [0.05, 0.1) is 24.5 Å². The standard InChI is InChI=1S/C22H21ClN4O3/c1-13-11-16(12-25-26-21(28)18-8-6-10-24-20(18)23)15(3)27(13)19-9-5-7-17(14(19)2)22(29)30-4/h5-12H,1-4H3,(H,26,28). The number of nitrogens with zero attached hydrogens (tertiary/aromatic N) is 3. The molecule has 8 heteroatoms. The minimum atomic E-state index is -0.445. The molecule has 3 aromatic rings. The summed E-state index contributed by atoms with van der Waals surface area (Å²) in [5, 5.41) is 4.17. The highest BCUT2D eigenvalue weighted by Crippen LogP contribution is 2.25. The maximum Gasteiger partial charge on any atom is 0.338 e. The van der Waals surface area contributed by atoms with Crippen LogP contribution in [0.4, 0.5) is 0 Å². The molecular formula is C22H21ClN4O3. The van der Waals surface area contributed by atoms with Crippen molar-refractivity contribution < 1.29 is 14.3 Å². The van der Waals surface area contributed by atoms with Crippen molar-refractivity contribution in [1.82, 2.24) is 15.0 Å². The quantitative estimate of drug-likeness (QED) is 0.290. The second-order valence-corrected chi connectivity index (χ2v) is 7.00. The lowest BCUT2D eigenvalue weighted by Gasteiger charge is -2.15. The van der Waals surface area contributed by atoms with Gasteiger partial charge in [-0.1, -0.05) is 17.7 Å². The summed E-state index contributed by atoms with van der Waals surface area (Å²) in [6.45, 7) is 5.78. The van der Waals surface area contributed by atoms with Gasteiger partial charge >= 0.3 is 5.97 Å². The van der Waals surface area contributed by atoms with E-state index < -0.39 is 5.91 Å². The number of carbonyl (C=O) groups is 2. The summed E-state index contributed by atoms with van der Waals surface area (Å²) in [5.41, 5.74) is 7.61. The monoisotopic (exact) mass is 424 g/mol. The van der Waals surface area contributed by atoms with Gasteiger partial charge < -0.3 is 9.30 Å². The zero-order valence-corrected chi connectivity index (χ0v) is 17.8. The maximum absolute atomic E-state index is 12.2. The van der Waals surface area contributed by atoms with Crippen molar-refractivity contribution in [3.8, 4) is 5.69 Å². The summed E-state index contributed by atoms with van der Waals surface area (Å²) >= 11 is 5.93. The van der Waals surface area contributed by atoms with Crippen LogP contribution in [0.5, 0.6) is 0 Å². The van der Waals surface area contributed by atoms with Crippen LogP contribution in [0.3, 0.4) is 0 Å². The van der Waals surface area contributed by atoms with E-state index in [2.05, 4.69) is 15.5 Å². The van der Waals surface area contributed by atoms with Gasteiger partial charge in [-0.3, -0.25) is 4.79 Å². The molecule has 0 unspecified atom stereocenters. The molecule has 1 aromatic carbocycles. The Bertz CT molecular complexity index is 1150. The number of carbonyl (C=O) groups excluding carboxylic acids is 2. The summed E-state index contributed by atoms with van der Waals surface area (Å²) in [6.07, 6.45) is 3.08. The maximum atomic E-state index is 12.2. The fourth-order valence-electron chi connectivity index (χ4n) is 3.26. The van der Waals surface area contributed by atoms with Crippen LogP contribution in [-0.4, -0.2) is 34.8 Å². The molecule has 0 atom stereocenters. The number of pyridine rings is 1. The highest BCUT2D eigenvalue weighted by Gasteiger charge is 2.16. The largest absolute Gasteiger partial charge is 0.465 e. The molecule has 0 fully saturated rings. The molecule has 0 spiro atoms. The Morgan fingerprint density at radius 3 is 2.60 bits per heavy atom. The number of aryl methyl sites for hydroxylation is 1. The molecule has 0 radical (unpaired) electrons. The third-order valence-electron chi connectivity index (χ3n) is 4.80. The van der Waals surface area contributed by atoms with E-state index in [1.165, 1.54) is 13.3 Å². The van der Waals surface area contributed by atoms with E-state index >= 15 is 0 Å². The number of nitrogens with one attached hydrogen (secondary N) is 1. The molecule has 3 rings (SSSR count). The Balaban J connectivity index is 1.88. The fraction of sp³-hybridized carbons (Fsp3) is 0.182. The molecule has 1 amide bonds. The molecule has 0 saturated heterocycles. The molecule has 0 aliphatic heterocycles. The SMILES string of the molecule is COC(=O)c1cccc(-n2c(C)cc(C=NNC(=O)c3cccnc3Cl)c2C)c1C. The second kappa shape index (κ2) is 8.92. The zero-order valence-electron chi connectivity index (χ0n) is 17.1. The van der Waals surface area contributed by atoms with E-state index in [0.717, 1.165) is 28.2 Å². The summed E-state index contributed by atoms with van der Waals surface area (Å²) in [4.78, 5) is 28.1. The van der Waals surface area contributed by atoms with E-state index in [9.17, 15) is 9.59 Å². The van der Waals surface area contributed by atoms with Crippen LogP contribution in [0.25, 0.3) is 5.69 Å². The number of methoxy groups -OCH3 is 1. The van der Waals surface area contributed by atoms with Crippen LogP contribution in [0.2, 0.25) is 5.15 Å². The number of hydrogen-bond donors (Lipinski definition) is 1. The van der Waals surface area contributed by atoms with Gasteiger partial charge in [-0.25, -0.2) is 15.2 Å². The van der Waals surface area contributed by atoms with Crippen LogP contribution in [0.15, 0.2) is 47.7 Å². The molecular weight excluding hydrogens is 404 g/mol. The van der Waals surface area contributed by atoms with Crippen LogP contribution >= 0.6 is 11.6 Å². The minimum Gasteiger partial charge on any atom is -0.465 e. The number of aromatic nitrogens is 2. The number of amides is 1. The molecule has 0 aliphatic rings. The van der Waals surface area contributed by atoms with Crippen molar-refractivity contribution in [3.05, 3.63) is 81.4 Å². The number of esters is 1.